The van der Waals surface area contributed by atoms with Gasteiger partial charge in [0.05, 0.1) is 11.4 Å². The molecule has 0 radical (unpaired) electrons. The van der Waals surface area contributed by atoms with Crippen molar-refractivity contribution in [2.45, 2.75) is 6.92 Å². The maximum atomic E-state index is 8.70. The monoisotopic (exact) mass is 212 g/mol. The zero-order chi connectivity index (χ0) is 11.4. The fourth-order valence-corrected chi connectivity index (χ4v) is 1.46. The molecule has 1 N–H and O–H groups in total. The molecule has 0 amide bonds. The maximum Gasteiger partial charge on any atom is 0.102 e. The van der Waals surface area contributed by atoms with Crippen LogP contribution in [-0.4, -0.2) is 15.9 Å². The average Bonchev–Trinajstić information content (AvgIpc) is 2.39. The fraction of sp³-hybridized carbons (Fsp3) is 0.0769. The number of oxime groups is 1. The van der Waals surface area contributed by atoms with E-state index >= 15 is 0 Å². The molecule has 1 heterocycles. The summed E-state index contributed by atoms with van der Waals surface area (Å²) in [4.78, 5) is 4.42. The molecule has 16 heavy (non-hydrogen) atoms. The number of rotatable bonds is 2. The number of hydrogen-bond acceptors (Lipinski definition) is 3. The van der Waals surface area contributed by atoms with Crippen molar-refractivity contribution in [1.29, 1.82) is 0 Å². The summed E-state index contributed by atoms with van der Waals surface area (Å²) < 4.78 is 0. The van der Waals surface area contributed by atoms with Gasteiger partial charge in [0.25, 0.3) is 0 Å². The third-order valence-corrected chi connectivity index (χ3v) is 2.34. The highest BCUT2D eigenvalue weighted by atomic mass is 16.4. The van der Waals surface area contributed by atoms with Gasteiger partial charge in [0.1, 0.15) is 5.71 Å². The Morgan fingerprint density at radius 2 is 1.81 bits per heavy atom. The summed E-state index contributed by atoms with van der Waals surface area (Å²) in [5, 5.41) is 11.8. The van der Waals surface area contributed by atoms with Gasteiger partial charge >= 0.3 is 0 Å². The molecule has 80 valence electrons. The minimum atomic E-state index is 0.512. The van der Waals surface area contributed by atoms with Gasteiger partial charge in [-0.05, 0) is 19.1 Å². The van der Waals surface area contributed by atoms with Crippen molar-refractivity contribution in [3.8, 4) is 11.3 Å². The van der Waals surface area contributed by atoms with E-state index in [9.17, 15) is 0 Å². The van der Waals surface area contributed by atoms with E-state index in [1.54, 1.807) is 6.92 Å². The summed E-state index contributed by atoms with van der Waals surface area (Å²) >= 11 is 0. The Morgan fingerprint density at radius 3 is 2.50 bits per heavy atom. The zero-order valence-corrected chi connectivity index (χ0v) is 8.96. The molecule has 1 aromatic heterocycles. The molecule has 0 atom stereocenters. The predicted octanol–water partition coefficient (Wildman–Crippen LogP) is 2.95. The van der Waals surface area contributed by atoms with Crippen molar-refractivity contribution in [2.75, 3.05) is 0 Å². The highest BCUT2D eigenvalue weighted by molar-refractivity contribution is 5.96. The first-order chi connectivity index (χ1) is 7.81. The van der Waals surface area contributed by atoms with Crippen LogP contribution in [0.5, 0.6) is 0 Å². The van der Waals surface area contributed by atoms with E-state index in [0.29, 0.717) is 11.4 Å². The largest absolute Gasteiger partial charge is 0.411 e. The van der Waals surface area contributed by atoms with Gasteiger partial charge < -0.3 is 5.21 Å². The Balaban J connectivity index is 2.44. The van der Waals surface area contributed by atoms with E-state index in [4.69, 9.17) is 5.21 Å². The quantitative estimate of drug-likeness (QED) is 0.472. The minimum absolute atomic E-state index is 0.512. The lowest BCUT2D eigenvalue weighted by molar-refractivity contribution is 0.319. The fourth-order valence-electron chi connectivity index (χ4n) is 1.46. The van der Waals surface area contributed by atoms with Crippen LogP contribution in [0.25, 0.3) is 11.3 Å². The summed E-state index contributed by atoms with van der Waals surface area (Å²) in [7, 11) is 0. The molecule has 2 aromatic rings. The molecule has 0 aliphatic carbocycles. The molecule has 0 saturated heterocycles. The molecule has 0 spiro atoms. The van der Waals surface area contributed by atoms with Gasteiger partial charge in [-0.25, -0.2) is 4.98 Å². The normalized spacial score (nSPS) is 11.4. The lowest BCUT2D eigenvalue weighted by Gasteiger charge is -2.03. The lowest BCUT2D eigenvalue weighted by atomic mass is 10.1. The van der Waals surface area contributed by atoms with Crippen molar-refractivity contribution < 1.29 is 5.21 Å². The zero-order valence-electron chi connectivity index (χ0n) is 8.96. The molecule has 0 aliphatic heterocycles. The van der Waals surface area contributed by atoms with Gasteiger partial charge in [-0.15, -0.1) is 0 Å². The van der Waals surface area contributed by atoms with Gasteiger partial charge in [0.2, 0.25) is 0 Å². The molecule has 0 bridgehead atoms. The van der Waals surface area contributed by atoms with E-state index in [-0.39, 0.29) is 0 Å². The lowest BCUT2D eigenvalue weighted by Crippen LogP contribution is -1.99. The van der Waals surface area contributed by atoms with Gasteiger partial charge in [0, 0.05) is 5.56 Å². The van der Waals surface area contributed by atoms with E-state index < -0.39 is 0 Å². The number of nitrogens with zero attached hydrogens (tertiary/aromatic N) is 2. The van der Waals surface area contributed by atoms with Crippen molar-refractivity contribution in [2.24, 2.45) is 5.16 Å². The SMILES string of the molecule is C/C(=N/O)c1cccc(-c2ccccc2)n1. The summed E-state index contributed by atoms with van der Waals surface area (Å²) in [6.45, 7) is 1.72. The molecule has 3 heteroatoms. The van der Waals surface area contributed by atoms with Gasteiger partial charge in [0.15, 0.2) is 0 Å². The molecular weight excluding hydrogens is 200 g/mol. The van der Waals surface area contributed by atoms with E-state index in [1.165, 1.54) is 0 Å². The molecular formula is C13H12N2O. The second-order valence-corrected chi connectivity index (χ2v) is 3.46. The Hall–Kier alpha value is -2.16. The average molecular weight is 212 g/mol. The van der Waals surface area contributed by atoms with Crippen molar-refractivity contribution >= 4 is 5.71 Å². The highest BCUT2D eigenvalue weighted by Gasteiger charge is 2.02. The van der Waals surface area contributed by atoms with Gasteiger partial charge in [-0.3, -0.25) is 0 Å². The standard InChI is InChI=1S/C13H12N2O/c1-10(15-16)12-8-5-9-13(14-12)11-6-3-2-4-7-11/h2-9,16H,1H3/b15-10-. The molecule has 2 rings (SSSR count). The smallest absolute Gasteiger partial charge is 0.102 e. The van der Waals surface area contributed by atoms with Crippen LogP contribution in [0.15, 0.2) is 53.7 Å². The summed E-state index contributed by atoms with van der Waals surface area (Å²) in [5.74, 6) is 0. The van der Waals surface area contributed by atoms with E-state index in [2.05, 4.69) is 10.1 Å². The van der Waals surface area contributed by atoms with E-state index in [0.717, 1.165) is 11.3 Å². The van der Waals surface area contributed by atoms with Crippen LogP contribution in [0.1, 0.15) is 12.6 Å². The van der Waals surface area contributed by atoms with Crippen LogP contribution >= 0.6 is 0 Å². The third kappa shape index (κ3) is 2.08. The Labute approximate surface area is 94.1 Å². The second kappa shape index (κ2) is 4.57. The number of hydrogen-bond donors (Lipinski definition) is 1. The van der Waals surface area contributed by atoms with Gasteiger partial charge in [-0.2, -0.15) is 0 Å². The molecule has 1 aromatic carbocycles. The Morgan fingerprint density at radius 1 is 1.06 bits per heavy atom. The first-order valence-electron chi connectivity index (χ1n) is 5.03. The number of pyridine rings is 1. The first-order valence-corrected chi connectivity index (χ1v) is 5.03. The molecule has 0 aliphatic rings. The summed E-state index contributed by atoms with van der Waals surface area (Å²) in [5.41, 5.74) is 3.12. The Kier molecular flexibility index (Phi) is 2.96. The summed E-state index contributed by atoms with van der Waals surface area (Å²) in [6.07, 6.45) is 0. The van der Waals surface area contributed by atoms with Crippen LogP contribution in [0.4, 0.5) is 0 Å². The maximum absolute atomic E-state index is 8.70. The van der Waals surface area contributed by atoms with Crippen LogP contribution in [0.2, 0.25) is 0 Å². The van der Waals surface area contributed by atoms with Gasteiger partial charge in [-0.1, -0.05) is 41.6 Å². The second-order valence-electron chi connectivity index (χ2n) is 3.46. The van der Waals surface area contributed by atoms with Crippen LogP contribution in [-0.2, 0) is 0 Å². The third-order valence-electron chi connectivity index (χ3n) is 2.34. The minimum Gasteiger partial charge on any atom is -0.411 e. The molecule has 0 fully saturated rings. The summed E-state index contributed by atoms with van der Waals surface area (Å²) in [6, 6.07) is 15.6. The molecule has 0 saturated carbocycles. The van der Waals surface area contributed by atoms with Crippen molar-refractivity contribution in [3.05, 3.63) is 54.2 Å². The topological polar surface area (TPSA) is 45.5 Å². The van der Waals surface area contributed by atoms with E-state index in [1.807, 2.05) is 48.5 Å². The van der Waals surface area contributed by atoms with Crippen LogP contribution < -0.4 is 0 Å². The van der Waals surface area contributed by atoms with Crippen molar-refractivity contribution in [1.82, 2.24) is 4.98 Å². The predicted molar refractivity (Wildman–Crippen MR) is 63.7 cm³/mol. The van der Waals surface area contributed by atoms with Crippen LogP contribution in [0.3, 0.4) is 0 Å². The van der Waals surface area contributed by atoms with Crippen molar-refractivity contribution in [3.63, 3.8) is 0 Å². The highest BCUT2D eigenvalue weighted by Crippen LogP contribution is 2.16. The Bertz CT molecular complexity index is 506. The molecule has 0 unspecified atom stereocenters. The number of aromatic nitrogens is 1. The number of benzene rings is 1. The van der Waals surface area contributed by atoms with Crippen LogP contribution in [0, 0.1) is 0 Å². The first kappa shape index (κ1) is 10.4. The molecule has 3 nitrogen and oxygen atoms in total.